The van der Waals surface area contributed by atoms with Gasteiger partial charge < -0.3 is 4.74 Å². The van der Waals surface area contributed by atoms with Gasteiger partial charge in [-0.2, -0.15) is 0 Å². The van der Waals surface area contributed by atoms with Gasteiger partial charge >= 0.3 is 0 Å². The summed E-state index contributed by atoms with van der Waals surface area (Å²) < 4.78 is 5.55. The van der Waals surface area contributed by atoms with Crippen molar-refractivity contribution in [3.05, 3.63) is 0 Å². The third kappa shape index (κ3) is 1.95. The lowest BCUT2D eigenvalue weighted by molar-refractivity contribution is -0.0737. The van der Waals surface area contributed by atoms with Gasteiger partial charge in [0.05, 0.1) is 13.2 Å². The van der Waals surface area contributed by atoms with Crippen molar-refractivity contribution in [2.24, 2.45) is 0 Å². The predicted octanol–water partition coefficient (Wildman–Crippen LogP) is 0.800. The Hall–Kier alpha value is -0.120. The third-order valence-electron chi connectivity index (χ3n) is 3.51. The summed E-state index contributed by atoms with van der Waals surface area (Å²) in [5, 5.41) is 0. The Morgan fingerprint density at radius 1 is 1.29 bits per heavy atom. The van der Waals surface area contributed by atoms with Crippen LogP contribution in [0.1, 0.15) is 20.8 Å². The first-order valence-corrected chi connectivity index (χ1v) is 5.76. The molecule has 82 valence electrons. The smallest absolute Gasteiger partial charge is 0.0635 e. The van der Waals surface area contributed by atoms with E-state index in [0.717, 1.165) is 19.8 Å². The van der Waals surface area contributed by atoms with Crippen molar-refractivity contribution < 1.29 is 4.74 Å². The summed E-state index contributed by atoms with van der Waals surface area (Å²) in [7, 11) is 0. The molecule has 2 fully saturated rings. The summed E-state index contributed by atoms with van der Waals surface area (Å²) in [5.41, 5.74) is 0. The van der Waals surface area contributed by atoms with E-state index in [1.165, 1.54) is 13.1 Å². The monoisotopic (exact) mass is 198 g/mol. The second-order valence-corrected chi connectivity index (χ2v) is 4.86. The standard InChI is InChI=1S/C11H22N2O/c1-9(2)12-6-10(3)13-4-5-14-8-11(13)7-12/h9-11H,4-8H2,1-3H3/t10-,11?/m0/s1. The average Bonchev–Trinajstić information content (AvgIpc) is 2.17. The number of hydrogen-bond acceptors (Lipinski definition) is 3. The summed E-state index contributed by atoms with van der Waals surface area (Å²) in [6.07, 6.45) is 0. The number of piperazine rings is 1. The highest BCUT2D eigenvalue weighted by Gasteiger charge is 2.34. The molecule has 3 nitrogen and oxygen atoms in total. The first kappa shape index (κ1) is 10.4. The molecule has 0 aromatic heterocycles. The van der Waals surface area contributed by atoms with Crippen molar-refractivity contribution in [2.45, 2.75) is 38.9 Å². The molecule has 2 saturated heterocycles. The topological polar surface area (TPSA) is 15.7 Å². The zero-order valence-corrected chi connectivity index (χ0v) is 9.57. The summed E-state index contributed by atoms with van der Waals surface area (Å²) in [4.78, 5) is 5.18. The molecule has 3 heteroatoms. The number of fused-ring (bicyclic) bond motifs is 1. The highest BCUT2D eigenvalue weighted by molar-refractivity contribution is 4.89. The molecular formula is C11H22N2O. The van der Waals surface area contributed by atoms with Gasteiger partial charge in [-0.05, 0) is 20.8 Å². The molecule has 0 saturated carbocycles. The molecular weight excluding hydrogens is 176 g/mol. The SMILES string of the molecule is CC(C)N1CC2COCCN2[C@@H](C)C1. The number of morpholine rings is 1. The molecule has 2 heterocycles. The lowest BCUT2D eigenvalue weighted by Crippen LogP contribution is -2.62. The van der Waals surface area contributed by atoms with Crippen molar-refractivity contribution in [3.63, 3.8) is 0 Å². The van der Waals surface area contributed by atoms with E-state index in [2.05, 4.69) is 30.6 Å². The summed E-state index contributed by atoms with van der Waals surface area (Å²) >= 11 is 0. The molecule has 0 spiro atoms. The molecule has 0 amide bonds. The maximum Gasteiger partial charge on any atom is 0.0635 e. The first-order chi connectivity index (χ1) is 6.68. The predicted molar refractivity (Wildman–Crippen MR) is 57.5 cm³/mol. The van der Waals surface area contributed by atoms with Gasteiger partial charge in [0.15, 0.2) is 0 Å². The molecule has 0 aliphatic carbocycles. The highest BCUT2D eigenvalue weighted by Crippen LogP contribution is 2.20. The van der Waals surface area contributed by atoms with Gasteiger partial charge in [-0.15, -0.1) is 0 Å². The van der Waals surface area contributed by atoms with E-state index in [1.807, 2.05) is 0 Å². The van der Waals surface area contributed by atoms with Gasteiger partial charge in [-0.3, -0.25) is 9.80 Å². The van der Waals surface area contributed by atoms with Crippen LogP contribution in [0.5, 0.6) is 0 Å². The highest BCUT2D eigenvalue weighted by atomic mass is 16.5. The van der Waals surface area contributed by atoms with Crippen molar-refractivity contribution in [2.75, 3.05) is 32.8 Å². The van der Waals surface area contributed by atoms with E-state index >= 15 is 0 Å². The van der Waals surface area contributed by atoms with Crippen molar-refractivity contribution >= 4 is 0 Å². The minimum Gasteiger partial charge on any atom is -0.378 e. The van der Waals surface area contributed by atoms with Gasteiger partial charge in [0.1, 0.15) is 0 Å². The van der Waals surface area contributed by atoms with E-state index in [1.54, 1.807) is 0 Å². The first-order valence-electron chi connectivity index (χ1n) is 5.76. The summed E-state index contributed by atoms with van der Waals surface area (Å²) in [5.74, 6) is 0. The fraction of sp³-hybridized carbons (Fsp3) is 1.00. The number of nitrogens with zero attached hydrogens (tertiary/aromatic N) is 2. The molecule has 2 atom stereocenters. The Morgan fingerprint density at radius 3 is 2.79 bits per heavy atom. The zero-order valence-electron chi connectivity index (χ0n) is 9.57. The number of rotatable bonds is 1. The molecule has 14 heavy (non-hydrogen) atoms. The second-order valence-electron chi connectivity index (χ2n) is 4.86. The molecule has 1 unspecified atom stereocenters. The maximum absolute atomic E-state index is 5.55. The minimum absolute atomic E-state index is 0.634. The molecule has 0 bridgehead atoms. The zero-order chi connectivity index (χ0) is 10.1. The summed E-state index contributed by atoms with van der Waals surface area (Å²) in [6, 6.07) is 2.00. The van der Waals surface area contributed by atoms with Crippen LogP contribution in [-0.4, -0.2) is 60.8 Å². The van der Waals surface area contributed by atoms with Crippen molar-refractivity contribution in [3.8, 4) is 0 Å². The van der Waals surface area contributed by atoms with Crippen LogP contribution in [0.3, 0.4) is 0 Å². The Morgan fingerprint density at radius 2 is 2.07 bits per heavy atom. The third-order valence-corrected chi connectivity index (χ3v) is 3.51. The van der Waals surface area contributed by atoms with Crippen LogP contribution in [0.2, 0.25) is 0 Å². The van der Waals surface area contributed by atoms with Crippen molar-refractivity contribution in [1.29, 1.82) is 0 Å². The molecule has 2 rings (SSSR count). The largest absolute Gasteiger partial charge is 0.378 e. The number of ether oxygens (including phenoxy) is 1. The van der Waals surface area contributed by atoms with Gasteiger partial charge in [0, 0.05) is 37.8 Å². The molecule has 0 aromatic carbocycles. The van der Waals surface area contributed by atoms with Crippen LogP contribution < -0.4 is 0 Å². The maximum atomic E-state index is 5.55. The van der Waals surface area contributed by atoms with Gasteiger partial charge in [0.2, 0.25) is 0 Å². The van der Waals surface area contributed by atoms with Crippen LogP contribution in [-0.2, 0) is 4.74 Å². The van der Waals surface area contributed by atoms with E-state index in [4.69, 9.17) is 4.74 Å². The van der Waals surface area contributed by atoms with Crippen LogP contribution in [0.4, 0.5) is 0 Å². The van der Waals surface area contributed by atoms with E-state index < -0.39 is 0 Å². The Kier molecular flexibility index (Phi) is 3.10. The fourth-order valence-electron chi connectivity index (χ4n) is 2.62. The normalized spacial score (nSPS) is 36.0. The molecule has 2 aliphatic rings. The lowest BCUT2D eigenvalue weighted by atomic mass is 10.0. The fourth-order valence-corrected chi connectivity index (χ4v) is 2.62. The molecule has 0 N–H and O–H groups in total. The van der Waals surface area contributed by atoms with E-state index in [0.29, 0.717) is 18.1 Å². The molecule has 2 aliphatic heterocycles. The van der Waals surface area contributed by atoms with Crippen LogP contribution in [0.15, 0.2) is 0 Å². The van der Waals surface area contributed by atoms with Crippen LogP contribution >= 0.6 is 0 Å². The molecule has 0 radical (unpaired) electrons. The quantitative estimate of drug-likeness (QED) is 0.620. The minimum atomic E-state index is 0.634. The van der Waals surface area contributed by atoms with Gasteiger partial charge in [-0.25, -0.2) is 0 Å². The van der Waals surface area contributed by atoms with E-state index in [9.17, 15) is 0 Å². The van der Waals surface area contributed by atoms with Crippen molar-refractivity contribution in [1.82, 2.24) is 9.80 Å². The van der Waals surface area contributed by atoms with Gasteiger partial charge in [0.25, 0.3) is 0 Å². The average molecular weight is 198 g/mol. The lowest BCUT2D eigenvalue weighted by Gasteiger charge is -2.48. The summed E-state index contributed by atoms with van der Waals surface area (Å²) in [6.45, 7) is 12.3. The number of hydrogen-bond donors (Lipinski definition) is 0. The molecule has 0 aromatic rings. The Bertz CT molecular complexity index is 196. The van der Waals surface area contributed by atoms with Gasteiger partial charge in [-0.1, -0.05) is 0 Å². The van der Waals surface area contributed by atoms with E-state index in [-0.39, 0.29) is 0 Å². The van der Waals surface area contributed by atoms with Crippen LogP contribution in [0, 0.1) is 0 Å². The second kappa shape index (κ2) is 4.17. The Balaban J connectivity index is 2.00. The Labute approximate surface area is 87.0 Å². The van der Waals surface area contributed by atoms with Crippen LogP contribution in [0.25, 0.3) is 0 Å².